The Balaban J connectivity index is 4.70. The first-order valence-corrected chi connectivity index (χ1v) is 5.84. The van der Waals surface area contributed by atoms with Crippen LogP contribution < -0.4 is 0 Å². The van der Waals surface area contributed by atoms with Gasteiger partial charge in [0, 0.05) is 0 Å². The molecule has 0 aromatic heterocycles. The first-order chi connectivity index (χ1) is 5.88. The average molecular weight is 218 g/mol. The predicted molar refractivity (Wildman–Crippen MR) is 60.2 cm³/mol. The Bertz CT molecular complexity index is 221. The highest BCUT2D eigenvalue weighted by atomic mass is 28.1. The monoisotopic (exact) mass is 218 g/mol. The van der Waals surface area contributed by atoms with Crippen LogP contribution in [-0.2, 0) is 9.53 Å². The van der Waals surface area contributed by atoms with E-state index in [9.17, 15) is 9.90 Å². The highest BCUT2D eigenvalue weighted by Gasteiger charge is 2.44. The molecule has 0 aliphatic rings. The van der Waals surface area contributed by atoms with Crippen molar-refractivity contribution in [3.05, 3.63) is 0 Å². The van der Waals surface area contributed by atoms with Gasteiger partial charge in [-0.15, -0.1) is 0 Å². The Labute approximate surface area is 89.3 Å². The van der Waals surface area contributed by atoms with Crippen molar-refractivity contribution in [2.75, 3.05) is 0 Å². The van der Waals surface area contributed by atoms with Crippen molar-refractivity contribution in [2.24, 2.45) is 5.41 Å². The van der Waals surface area contributed by atoms with E-state index in [-0.39, 0.29) is 0 Å². The quantitative estimate of drug-likeness (QED) is 0.513. The summed E-state index contributed by atoms with van der Waals surface area (Å²) >= 11 is 0. The highest BCUT2D eigenvalue weighted by molar-refractivity contribution is 6.26. The van der Waals surface area contributed by atoms with Crippen molar-refractivity contribution in [3.63, 3.8) is 0 Å². The van der Waals surface area contributed by atoms with Gasteiger partial charge in [0.25, 0.3) is 0 Å². The summed E-state index contributed by atoms with van der Waals surface area (Å²) < 4.78 is 5.17. The lowest BCUT2D eigenvalue weighted by molar-refractivity contribution is -0.176. The molecule has 0 radical (unpaired) electrons. The molecule has 0 rings (SSSR count). The van der Waals surface area contributed by atoms with Crippen molar-refractivity contribution in [1.29, 1.82) is 0 Å². The Morgan fingerprint density at radius 3 is 1.71 bits per heavy atom. The number of carbonyl (C=O) groups is 1. The minimum atomic E-state index is -1.32. The maximum Gasteiger partial charge on any atom is 0.334 e. The van der Waals surface area contributed by atoms with E-state index in [4.69, 9.17) is 4.74 Å². The fourth-order valence-corrected chi connectivity index (χ4v) is 0.786. The molecule has 0 fully saturated rings. The Morgan fingerprint density at radius 1 is 1.14 bits per heavy atom. The van der Waals surface area contributed by atoms with E-state index in [1.54, 1.807) is 20.8 Å². The van der Waals surface area contributed by atoms with Gasteiger partial charge in [-0.3, -0.25) is 0 Å². The summed E-state index contributed by atoms with van der Waals surface area (Å²) in [6.45, 7) is 10.9. The maximum absolute atomic E-state index is 11.7. The topological polar surface area (TPSA) is 46.5 Å². The van der Waals surface area contributed by atoms with Gasteiger partial charge in [0.1, 0.15) is 10.8 Å². The van der Waals surface area contributed by atoms with Crippen molar-refractivity contribution in [2.45, 2.75) is 52.4 Å². The number of carbonyl (C=O) groups excluding carboxylic acids is 1. The van der Waals surface area contributed by atoms with E-state index in [1.165, 1.54) is 0 Å². The lowest BCUT2D eigenvalue weighted by Crippen LogP contribution is -2.53. The van der Waals surface area contributed by atoms with Gasteiger partial charge in [0.15, 0.2) is 0 Å². The molecule has 0 aromatic carbocycles. The summed E-state index contributed by atoms with van der Waals surface area (Å²) in [5.74, 6) is -0.510. The molecule has 1 atom stereocenters. The predicted octanol–water partition coefficient (Wildman–Crippen LogP) is 0.428. The van der Waals surface area contributed by atoms with Gasteiger partial charge in [-0.2, -0.15) is 0 Å². The zero-order chi connectivity index (χ0) is 11.8. The molecule has 0 heterocycles. The third kappa shape index (κ3) is 3.42. The van der Waals surface area contributed by atoms with Gasteiger partial charge < -0.3 is 9.84 Å². The zero-order valence-corrected chi connectivity index (χ0v) is 12.3. The summed E-state index contributed by atoms with van der Waals surface area (Å²) in [6.07, 6.45) is 0. The largest absolute Gasteiger partial charge is 0.458 e. The molecule has 14 heavy (non-hydrogen) atoms. The molecule has 3 nitrogen and oxygen atoms in total. The lowest BCUT2D eigenvalue weighted by Gasteiger charge is -2.37. The SMILES string of the molecule is CC(C)(C)OC(=O)C(O)([SiH3])C(C)(C)C. The van der Waals surface area contributed by atoms with E-state index >= 15 is 0 Å². The highest BCUT2D eigenvalue weighted by Crippen LogP contribution is 2.29. The summed E-state index contributed by atoms with van der Waals surface area (Å²) in [6, 6.07) is 0. The summed E-state index contributed by atoms with van der Waals surface area (Å²) in [4.78, 5) is 11.7. The summed E-state index contributed by atoms with van der Waals surface area (Å²) in [5, 5.41) is 8.75. The normalized spacial score (nSPS) is 17.6. The van der Waals surface area contributed by atoms with Gasteiger partial charge in [0.2, 0.25) is 0 Å². The number of esters is 1. The second-order valence-corrected chi connectivity index (χ2v) is 7.27. The Hall–Kier alpha value is -0.353. The van der Waals surface area contributed by atoms with E-state index in [0.717, 1.165) is 0 Å². The number of rotatable bonds is 1. The van der Waals surface area contributed by atoms with Crippen LogP contribution in [0.4, 0.5) is 0 Å². The summed E-state index contributed by atoms with van der Waals surface area (Å²) in [5.41, 5.74) is -1.01. The zero-order valence-electron chi connectivity index (χ0n) is 10.3. The molecular formula is C10H22O3Si. The molecular weight excluding hydrogens is 196 g/mol. The fourth-order valence-electron chi connectivity index (χ4n) is 0.684. The second-order valence-electron chi connectivity index (χ2n) is 5.82. The van der Waals surface area contributed by atoms with E-state index in [2.05, 4.69) is 0 Å². The fraction of sp³-hybridized carbons (Fsp3) is 0.900. The third-order valence-electron chi connectivity index (χ3n) is 2.26. The molecule has 0 spiro atoms. The molecule has 0 aliphatic heterocycles. The van der Waals surface area contributed by atoms with Gasteiger partial charge in [-0.25, -0.2) is 4.79 Å². The molecule has 1 unspecified atom stereocenters. The van der Waals surface area contributed by atoms with Crippen LogP contribution in [-0.4, -0.2) is 32.1 Å². The summed E-state index contributed by atoms with van der Waals surface area (Å²) in [7, 11) is 0.365. The number of aliphatic hydroxyl groups is 1. The minimum absolute atomic E-state index is 0.365. The maximum atomic E-state index is 11.7. The van der Waals surface area contributed by atoms with Crippen LogP contribution in [0, 0.1) is 5.41 Å². The van der Waals surface area contributed by atoms with E-state index < -0.39 is 22.2 Å². The van der Waals surface area contributed by atoms with Gasteiger partial charge in [-0.05, 0) is 26.2 Å². The third-order valence-corrected chi connectivity index (χ3v) is 4.17. The molecule has 0 aliphatic carbocycles. The standard InChI is InChI=1S/C10H22O3Si/c1-8(2,3)10(12,14)7(11)13-9(4,5)6/h12H,1-6,14H3. The number of ether oxygens (including phenoxy) is 1. The lowest BCUT2D eigenvalue weighted by atomic mass is 9.88. The van der Waals surface area contributed by atoms with Crippen LogP contribution >= 0.6 is 0 Å². The van der Waals surface area contributed by atoms with Crippen LogP contribution in [0.3, 0.4) is 0 Å². The van der Waals surface area contributed by atoms with Gasteiger partial charge in [-0.1, -0.05) is 20.8 Å². The molecule has 84 valence electrons. The van der Waals surface area contributed by atoms with Crippen LogP contribution in [0.5, 0.6) is 0 Å². The Kier molecular flexibility index (Phi) is 3.57. The van der Waals surface area contributed by atoms with E-state index in [0.29, 0.717) is 10.2 Å². The number of hydrogen-bond acceptors (Lipinski definition) is 3. The minimum Gasteiger partial charge on any atom is -0.458 e. The molecule has 0 bridgehead atoms. The van der Waals surface area contributed by atoms with Crippen molar-refractivity contribution >= 4 is 16.2 Å². The van der Waals surface area contributed by atoms with Crippen LogP contribution in [0.1, 0.15) is 41.5 Å². The van der Waals surface area contributed by atoms with Crippen LogP contribution in [0.25, 0.3) is 0 Å². The van der Waals surface area contributed by atoms with Gasteiger partial charge >= 0.3 is 5.97 Å². The molecule has 0 amide bonds. The molecule has 0 aromatic rings. The molecule has 0 saturated heterocycles. The average Bonchev–Trinajstić information content (AvgIpc) is 1.80. The van der Waals surface area contributed by atoms with Gasteiger partial charge in [0.05, 0.1) is 10.2 Å². The molecule has 4 heteroatoms. The van der Waals surface area contributed by atoms with E-state index in [1.807, 2.05) is 20.8 Å². The smallest absolute Gasteiger partial charge is 0.334 e. The molecule has 0 saturated carbocycles. The number of hydrogen-bond donors (Lipinski definition) is 1. The first-order valence-electron chi connectivity index (χ1n) is 4.84. The Morgan fingerprint density at radius 2 is 1.50 bits per heavy atom. The van der Waals surface area contributed by atoms with Crippen LogP contribution in [0.2, 0.25) is 0 Å². The molecule has 1 N–H and O–H groups in total. The first kappa shape index (κ1) is 13.6. The van der Waals surface area contributed by atoms with Crippen molar-refractivity contribution < 1.29 is 14.6 Å². The van der Waals surface area contributed by atoms with Crippen LogP contribution in [0.15, 0.2) is 0 Å². The van der Waals surface area contributed by atoms with Crippen molar-refractivity contribution in [1.82, 2.24) is 0 Å². The second kappa shape index (κ2) is 3.66. The van der Waals surface area contributed by atoms with Crippen molar-refractivity contribution in [3.8, 4) is 0 Å².